The molecule has 4 rings (SSSR count). The van der Waals surface area contributed by atoms with Crippen LogP contribution in [0.1, 0.15) is 61.2 Å². The maximum Gasteiger partial charge on any atom is 0.294 e. The summed E-state index contributed by atoms with van der Waals surface area (Å²) in [5.74, 6) is -1.08. The number of carbonyl (C=O) groups is 2. The molecule has 9 N–H and O–H groups in total. The Morgan fingerprint density at radius 3 is 2.43 bits per heavy atom. The van der Waals surface area contributed by atoms with Crippen molar-refractivity contribution in [1.29, 1.82) is 5.41 Å². The first-order valence-electron chi connectivity index (χ1n) is 15.6. The zero-order valence-corrected chi connectivity index (χ0v) is 28.7. The Kier molecular flexibility index (Phi) is 13.2. The molecule has 0 spiro atoms. The Bertz CT molecular complexity index is 1860. The molecule has 14 heteroatoms. The van der Waals surface area contributed by atoms with E-state index in [1.165, 1.54) is 22.9 Å². The van der Waals surface area contributed by atoms with Crippen LogP contribution in [0.4, 0.5) is 11.5 Å². The van der Waals surface area contributed by atoms with Crippen molar-refractivity contribution in [3.63, 3.8) is 0 Å². The number of hydrogen-bond donors (Lipinski definition) is 7. The van der Waals surface area contributed by atoms with Gasteiger partial charge in [-0.25, -0.2) is 4.98 Å². The van der Waals surface area contributed by atoms with Crippen molar-refractivity contribution < 1.29 is 19.4 Å². The van der Waals surface area contributed by atoms with E-state index in [4.69, 9.17) is 21.6 Å². The molecule has 0 aliphatic heterocycles. The summed E-state index contributed by atoms with van der Waals surface area (Å²) in [4.78, 5) is 44.4. The first-order chi connectivity index (χ1) is 22.9. The number of nitrogens with zero attached hydrogens (tertiary/aromatic N) is 2. The van der Waals surface area contributed by atoms with E-state index in [2.05, 4.69) is 20.9 Å². The molecule has 1 aromatic heterocycles. The Morgan fingerprint density at radius 1 is 1.06 bits per heavy atom. The van der Waals surface area contributed by atoms with E-state index in [1.807, 2.05) is 58.0 Å². The summed E-state index contributed by atoms with van der Waals surface area (Å²) in [5.41, 5.74) is 14.0. The molecule has 4 aromatic rings. The molecule has 0 aliphatic rings. The number of amidine groups is 1. The quantitative estimate of drug-likeness (QED) is 0.0575. The molecule has 0 bridgehead atoms. The van der Waals surface area contributed by atoms with Crippen molar-refractivity contribution in [2.24, 2.45) is 5.73 Å². The monoisotopic (exact) mass is 690 g/mol. The highest BCUT2D eigenvalue weighted by Gasteiger charge is 2.20. The molecular weight excluding hydrogens is 648 g/mol. The van der Waals surface area contributed by atoms with Gasteiger partial charge >= 0.3 is 0 Å². The number of aromatic hydroxyl groups is 1. The Hall–Kier alpha value is -5.56. The van der Waals surface area contributed by atoms with E-state index in [0.29, 0.717) is 16.8 Å². The van der Waals surface area contributed by atoms with Crippen LogP contribution in [0.3, 0.4) is 0 Å². The maximum absolute atomic E-state index is 13.7. The number of halogens is 1. The number of nitrogen functional groups attached to an aromatic ring is 2. The normalized spacial score (nSPS) is 11.3. The van der Waals surface area contributed by atoms with Crippen LogP contribution in [0.5, 0.6) is 11.5 Å². The van der Waals surface area contributed by atoms with E-state index in [-0.39, 0.29) is 83.5 Å². The predicted molar refractivity (Wildman–Crippen MR) is 193 cm³/mol. The third-order valence-electron chi connectivity index (χ3n) is 7.48. The number of carbonyl (C=O) groups excluding carboxylic acids is 2. The van der Waals surface area contributed by atoms with Gasteiger partial charge in [-0.15, -0.1) is 12.4 Å². The fraction of sp³-hybridized carbons (Fsp3) is 0.286. The largest absolute Gasteiger partial charge is 0.507 e. The predicted octanol–water partition coefficient (Wildman–Crippen LogP) is 4.15. The molecule has 0 radical (unpaired) electrons. The van der Waals surface area contributed by atoms with E-state index in [9.17, 15) is 19.5 Å². The Balaban J connectivity index is 0.00000650. The molecule has 13 nitrogen and oxygen atoms in total. The lowest BCUT2D eigenvalue weighted by molar-refractivity contribution is -0.121. The maximum atomic E-state index is 13.7. The summed E-state index contributed by atoms with van der Waals surface area (Å²) in [7, 11) is 0. The Labute approximate surface area is 291 Å². The third kappa shape index (κ3) is 9.97. The number of phenolic OH excluding ortho intramolecular Hbond substituents is 1. The number of nitrogens with one attached hydrogen (secondary N) is 4. The number of ether oxygens (including phenoxy) is 1. The molecule has 49 heavy (non-hydrogen) atoms. The van der Waals surface area contributed by atoms with Crippen LogP contribution in [0.25, 0.3) is 11.3 Å². The van der Waals surface area contributed by atoms with E-state index in [0.717, 1.165) is 12.0 Å². The van der Waals surface area contributed by atoms with Gasteiger partial charge in [-0.3, -0.25) is 24.4 Å². The average Bonchev–Trinajstić information content (AvgIpc) is 3.04. The second kappa shape index (κ2) is 17.0. The highest BCUT2D eigenvalue weighted by molar-refractivity contribution is 5.97. The van der Waals surface area contributed by atoms with Crippen molar-refractivity contribution in [2.75, 3.05) is 11.1 Å². The fourth-order valence-electron chi connectivity index (χ4n) is 4.80. The zero-order valence-electron chi connectivity index (χ0n) is 27.9. The molecule has 0 saturated heterocycles. The second-order valence-electron chi connectivity index (χ2n) is 11.7. The van der Waals surface area contributed by atoms with Gasteiger partial charge in [0.15, 0.2) is 5.82 Å². The second-order valence-corrected chi connectivity index (χ2v) is 11.7. The number of nitrogens with two attached hydrogens (primary N) is 2. The molecule has 0 unspecified atom stereocenters. The molecule has 1 heterocycles. The molecular formula is C35H43ClN8O5. The lowest BCUT2D eigenvalue weighted by atomic mass is 10.1. The van der Waals surface area contributed by atoms with Crippen LogP contribution >= 0.6 is 12.4 Å². The van der Waals surface area contributed by atoms with Gasteiger partial charge in [0.1, 0.15) is 30.5 Å². The summed E-state index contributed by atoms with van der Waals surface area (Å²) in [6, 6.07) is 16.8. The van der Waals surface area contributed by atoms with Crippen LogP contribution in [0.2, 0.25) is 0 Å². The summed E-state index contributed by atoms with van der Waals surface area (Å²) in [6.07, 6.45) is 2.19. The standard InChI is InChI=1S/C35H42N8O5.ClH/c1-5-21(4)42-34(46)25-11-23(12-26(36)13-25)28-17-40-33(41-20(2)3)35(47)43(28)18-31(45)39-16-27-29(44)14-24(32(37)38)15-30(27)48-19-22-9-7-6-8-10-22;/h6-15,17,20-21,44H,5,16,18-19,36H2,1-4H3,(H3,37,38)(H,39,45)(H,40,41)(H,42,46);1H/t21-;/m0./s1. The van der Waals surface area contributed by atoms with Gasteiger partial charge in [0.2, 0.25) is 5.91 Å². The summed E-state index contributed by atoms with van der Waals surface area (Å²) >= 11 is 0. The van der Waals surface area contributed by atoms with Gasteiger partial charge in [-0.05, 0) is 63.1 Å². The Morgan fingerprint density at radius 2 is 1.78 bits per heavy atom. The first kappa shape index (κ1) is 37.9. The van der Waals surface area contributed by atoms with Crippen molar-refractivity contribution in [3.05, 3.63) is 99.5 Å². The van der Waals surface area contributed by atoms with Crippen LogP contribution in [-0.4, -0.2) is 44.4 Å². The number of aromatic nitrogens is 2. The van der Waals surface area contributed by atoms with Gasteiger partial charge in [-0.1, -0.05) is 37.3 Å². The van der Waals surface area contributed by atoms with Crippen molar-refractivity contribution >= 4 is 41.6 Å². The minimum Gasteiger partial charge on any atom is -0.507 e. The van der Waals surface area contributed by atoms with Gasteiger partial charge in [0, 0.05) is 34.5 Å². The third-order valence-corrected chi connectivity index (χ3v) is 7.48. The smallest absolute Gasteiger partial charge is 0.294 e. The summed E-state index contributed by atoms with van der Waals surface area (Å²) < 4.78 is 7.24. The van der Waals surface area contributed by atoms with Crippen molar-refractivity contribution in [2.45, 2.75) is 65.9 Å². The first-order valence-corrected chi connectivity index (χ1v) is 15.6. The average molecular weight is 691 g/mol. The number of hydrogen-bond acceptors (Lipinski definition) is 9. The number of rotatable bonds is 14. The minimum atomic E-state index is -0.553. The van der Waals surface area contributed by atoms with Crippen molar-refractivity contribution in [3.8, 4) is 22.8 Å². The minimum absolute atomic E-state index is 0. The van der Waals surface area contributed by atoms with Crippen molar-refractivity contribution in [1.82, 2.24) is 20.2 Å². The van der Waals surface area contributed by atoms with Crippen LogP contribution in [0, 0.1) is 5.41 Å². The van der Waals surface area contributed by atoms with Gasteiger partial charge in [0.05, 0.1) is 24.0 Å². The van der Waals surface area contributed by atoms with Gasteiger partial charge in [-0.2, -0.15) is 0 Å². The number of benzene rings is 3. The molecule has 0 saturated carbocycles. The lowest BCUT2D eigenvalue weighted by Gasteiger charge is -2.18. The highest BCUT2D eigenvalue weighted by atomic mass is 35.5. The number of anilines is 2. The molecule has 260 valence electrons. The summed E-state index contributed by atoms with van der Waals surface area (Å²) in [6.45, 7) is 7.15. The SMILES string of the molecule is CC[C@H](C)NC(=O)c1cc(N)cc(-c2cnc(NC(C)C)c(=O)n2CC(=O)NCc2c(O)cc(C(=N)N)cc2OCc2ccccc2)c1.Cl. The van der Waals surface area contributed by atoms with Crippen LogP contribution < -0.4 is 37.7 Å². The lowest BCUT2D eigenvalue weighted by Crippen LogP contribution is -2.35. The van der Waals surface area contributed by atoms with Gasteiger partial charge < -0.3 is 37.3 Å². The van der Waals surface area contributed by atoms with E-state index < -0.39 is 18.0 Å². The van der Waals surface area contributed by atoms with Crippen LogP contribution in [0.15, 0.2) is 71.7 Å². The molecule has 2 amide bonds. The zero-order chi connectivity index (χ0) is 35.0. The topological polar surface area (TPSA) is 210 Å². The molecule has 0 aliphatic carbocycles. The molecule has 1 atom stereocenters. The fourth-order valence-corrected chi connectivity index (χ4v) is 4.80. The van der Waals surface area contributed by atoms with E-state index >= 15 is 0 Å². The highest BCUT2D eigenvalue weighted by Crippen LogP contribution is 2.31. The number of amides is 2. The summed E-state index contributed by atoms with van der Waals surface area (Å²) in [5, 5.41) is 27.3. The molecule has 3 aromatic carbocycles. The molecule has 0 fully saturated rings. The van der Waals surface area contributed by atoms with Crippen LogP contribution in [-0.2, 0) is 24.5 Å². The number of phenols is 1. The van der Waals surface area contributed by atoms with Gasteiger partial charge in [0.25, 0.3) is 11.5 Å². The van der Waals surface area contributed by atoms with E-state index in [1.54, 1.807) is 18.2 Å².